The maximum Gasteiger partial charge on any atom is 0.259 e. The number of pyridine rings is 1. The molecule has 0 saturated carbocycles. The first-order chi connectivity index (χ1) is 11.6. The summed E-state index contributed by atoms with van der Waals surface area (Å²) >= 11 is 7.60. The van der Waals surface area contributed by atoms with E-state index in [9.17, 15) is 9.18 Å². The summed E-state index contributed by atoms with van der Waals surface area (Å²) in [5, 5.41) is 4.01. The van der Waals surface area contributed by atoms with Crippen molar-refractivity contribution < 1.29 is 9.18 Å². The number of amides is 1. The smallest absolute Gasteiger partial charge is 0.259 e. The number of thiophene rings is 1. The summed E-state index contributed by atoms with van der Waals surface area (Å²) in [5.74, 6) is -1.07. The number of halogens is 2. The summed E-state index contributed by atoms with van der Waals surface area (Å²) in [6, 6.07) is 11.7. The largest absolute Gasteiger partial charge is 0.328 e. The molecular formula is C18H14ClFN2OS. The molecule has 3 aromatic rings. The normalized spacial score (nSPS) is 10.6. The minimum atomic E-state index is -0.621. The van der Waals surface area contributed by atoms with Gasteiger partial charge in [0, 0.05) is 12.7 Å². The van der Waals surface area contributed by atoms with E-state index in [1.807, 2.05) is 35.0 Å². The number of rotatable bonds is 5. The lowest BCUT2D eigenvalue weighted by Gasteiger charge is -2.23. The van der Waals surface area contributed by atoms with Crippen molar-refractivity contribution in [2.24, 2.45) is 0 Å². The molecule has 0 unspecified atom stereocenters. The van der Waals surface area contributed by atoms with Crippen LogP contribution >= 0.6 is 22.9 Å². The fourth-order valence-electron chi connectivity index (χ4n) is 2.35. The number of carbonyl (C=O) groups excluding carboxylic acids is 1. The van der Waals surface area contributed by atoms with Crippen LogP contribution in [-0.2, 0) is 13.1 Å². The van der Waals surface area contributed by atoms with Gasteiger partial charge in [-0.1, -0.05) is 23.7 Å². The van der Waals surface area contributed by atoms with E-state index < -0.39 is 11.7 Å². The molecule has 0 saturated heterocycles. The molecule has 6 heteroatoms. The Bertz CT molecular complexity index is 804. The monoisotopic (exact) mass is 360 g/mol. The Labute approximate surface area is 148 Å². The Balaban J connectivity index is 1.92. The van der Waals surface area contributed by atoms with Gasteiger partial charge in [-0.15, -0.1) is 0 Å². The average Bonchev–Trinajstić information content (AvgIpc) is 3.08. The molecule has 1 aromatic carbocycles. The van der Waals surface area contributed by atoms with E-state index in [-0.39, 0.29) is 17.1 Å². The van der Waals surface area contributed by atoms with Crippen molar-refractivity contribution in [2.75, 3.05) is 0 Å². The van der Waals surface area contributed by atoms with Crippen LogP contribution in [0, 0.1) is 5.82 Å². The van der Waals surface area contributed by atoms with Gasteiger partial charge in [-0.05, 0) is 46.7 Å². The second-order valence-electron chi connectivity index (χ2n) is 5.21. The second-order valence-corrected chi connectivity index (χ2v) is 6.40. The summed E-state index contributed by atoms with van der Waals surface area (Å²) in [6.45, 7) is 0.643. The molecule has 1 amide bonds. The molecule has 0 aliphatic heterocycles. The molecule has 0 spiro atoms. The van der Waals surface area contributed by atoms with Crippen molar-refractivity contribution in [1.82, 2.24) is 9.88 Å². The first-order valence-electron chi connectivity index (χ1n) is 7.29. The van der Waals surface area contributed by atoms with Crippen LogP contribution in [0.25, 0.3) is 0 Å². The Morgan fingerprint density at radius 3 is 2.71 bits per heavy atom. The number of aromatic nitrogens is 1. The van der Waals surface area contributed by atoms with E-state index in [0.717, 1.165) is 11.3 Å². The predicted octanol–water partition coefficient (Wildman–Crippen LogP) is 4.78. The maximum atomic E-state index is 14.1. The standard InChI is InChI=1S/C18H14ClFN2OS/c19-15-5-3-6-16(20)17(15)18(23)22(10-13-7-9-24-12-13)11-14-4-1-2-8-21-14/h1-9,12H,10-11H2. The zero-order chi connectivity index (χ0) is 16.9. The van der Waals surface area contributed by atoms with Crippen molar-refractivity contribution in [3.05, 3.63) is 87.1 Å². The van der Waals surface area contributed by atoms with Crippen molar-refractivity contribution in [3.8, 4) is 0 Å². The lowest BCUT2D eigenvalue weighted by atomic mass is 10.1. The van der Waals surface area contributed by atoms with Gasteiger partial charge in [-0.25, -0.2) is 4.39 Å². The quantitative estimate of drug-likeness (QED) is 0.656. The van der Waals surface area contributed by atoms with Gasteiger partial charge < -0.3 is 4.90 Å². The highest BCUT2D eigenvalue weighted by atomic mass is 35.5. The first kappa shape index (κ1) is 16.6. The molecule has 0 aliphatic carbocycles. The highest BCUT2D eigenvalue weighted by Crippen LogP contribution is 2.23. The SMILES string of the molecule is O=C(c1c(F)cccc1Cl)N(Cc1ccsc1)Cc1ccccn1. The number of hydrogen-bond donors (Lipinski definition) is 0. The minimum Gasteiger partial charge on any atom is -0.328 e. The fraction of sp³-hybridized carbons (Fsp3) is 0.111. The molecule has 0 radical (unpaired) electrons. The van der Waals surface area contributed by atoms with Gasteiger partial charge >= 0.3 is 0 Å². The van der Waals surface area contributed by atoms with Gasteiger partial charge in [-0.3, -0.25) is 9.78 Å². The minimum absolute atomic E-state index is 0.106. The van der Waals surface area contributed by atoms with Crippen LogP contribution in [-0.4, -0.2) is 15.8 Å². The highest BCUT2D eigenvalue weighted by Gasteiger charge is 2.23. The number of nitrogens with zero attached hydrogens (tertiary/aromatic N) is 2. The zero-order valence-corrected chi connectivity index (χ0v) is 14.2. The first-order valence-corrected chi connectivity index (χ1v) is 8.61. The Kier molecular flexibility index (Phi) is 5.23. The summed E-state index contributed by atoms with van der Waals surface area (Å²) in [4.78, 5) is 18.7. The third-order valence-corrected chi connectivity index (χ3v) is 4.54. The molecule has 2 aromatic heterocycles. The Hall–Kier alpha value is -2.24. The van der Waals surface area contributed by atoms with E-state index in [1.54, 1.807) is 22.4 Å². The molecule has 3 rings (SSSR count). The van der Waals surface area contributed by atoms with Crippen molar-refractivity contribution in [3.63, 3.8) is 0 Å². The van der Waals surface area contributed by atoms with Gasteiger partial charge in [0.2, 0.25) is 0 Å². The molecule has 0 atom stereocenters. The lowest BCUT2D eigenvalue weighted by Crippen LogP contribution is -2.31. The molecule has 2 heterocycles. The highest BCUT2D eigenvalue weighted by molar-refractivity contribution is 7.07. The van der Waals surface area contributed by atoms with Gasteiger partial charge in [0.25, 0.3) is 5.91 Å². The molecule has 0 bridgehead atoms. The second kappa shape index (κ2) is 7.55. The van der Waals surface area contributed by atoms with Crippen molar-refractivity contribution in [2.45, 2.75) is 13.1 Å². The topological polar surface area (TPSA) is 33.2 Å². The molecule has 0 N–H and O–H groups in total. The van der Waals surface area contributed by atoms with Gasteiger partial charge in [-0.2, -0.15) is 11.3 Å². The number of carbonyl (C=O) groups is 1. The molecule has 24 heavy (non-hydrogen) atoms. The third kappa shape index (κ3) is 3.80. The van der Waals surface area contributed by atoms with Crippen LogP contribution in [0.4, 0.5) is 4.39 Å². The molecular weight excluding hydrogens is 347 g/mol. The van der Waals surface area contributed by atoms with Crippen LogP contribution in [0.15, 0.2) is 59.4 Å². The molecule has 3 nitrogen and oxygen atoms in total. The van der Waals surface area contributed by atoms with Crippen LogP contribution in [0.5, 0.6) is 0 Å². The summed E-state index contributed by atoms with van der Waals surface area (Å²) < 4.78 is 14.1. The summed E-state index contributed by atoms with van der Waals surface area (Å²) in [6.07, 6.45) is 1.67. The maximum absolute atomic E-state index is 14.1. The summed E-state index contributed by atoms with van der Waals surface area (Å²) in [5.41, 5.74) is 1.61. The Morgan fingerprint density at radius 1 is 1.17 bits per heavy atom. The fourth-order valence-corrected chi connectivity index (χ4v) is 3.25. The van der Waals surface area contributed by atoms with Crippen molar-refractivity contribution in [1.29, 1.82) is 0 Å². The third-order valence-electron chi connectivity index (χ3n) is 3.50. The van der Waals surface area contributed by atoms with Crippen LogP contribution in [0.1, 0.15) is 21.6 Å². The number of benzene rings is 1. The van der Waals surface area contributed by atoms with E-state index >= 15 is 0 Å². The molecule has 0 fully saturated rings. The molecule has 0 aliphatic rings. The average molecular weight is 361 g/mol. The van der Waals surface area contributed by atoms with Crippen LogP contribution in [0.2, 0.25) is 5.02 Å². The van der Waals surface area contributed by atoms with Crippen LogP contribution < -0.4 is 0 Å². The van der Waals surface area contributed by atoms with Gasteiger partial charge in [0.15, 0.2) is 0 Å². The van der Waals surface area contributed by atoms with Crippen molar-refractivity contribution >= 4 is 28.8 Å². The Morgan fingerprint density at radius 2 is 2.04 bits per heavy atom. The van der Waals surface area contributed by atoms with E-state index in [0.29, 0.717) is 6.54 Å². The van der Waals surface area contributed by atoms with Gasteiger partial charge in [0.1, 0.15) is 5.82 Å². The molecule has 122 valence electrons. The zero-order valence-electron chi connectivity index (χ0n) is 12.7. The summed E-state index contributed by atoms with van der Waals surface area (Å²) in [7, 11) is 0. The van der Waals surface area contributed by atoms with E-state index in [2.05, 4.69) is 4.98 Å². The van der Waals surface area contributed by atoms with Crippen LogP contribution in [0.3, 0.4) is 0 Å². The number of hydrogen-bond acceptors (Lipinski definition) is 3. The predicted molar refractivity (Wildman–Crippen MR) is 93.5 cm³/mol. The van der Waals surface area contributed by atoms with E-state index in [4.69, 9.17) is 11.6 Å². The van der Waals surface area contributed by atoms with Gasteiger partial charge in [0.05, 0.1) is 22.8 Å². The lowest BCUT2D eigenvalue weighted by molar-refractivity contribution is 0.0723. The van der Waals surface area contributed by atoms with E-state index in [1.165, 1.54) is 18.2 Å².